The second-order valence-electron chi connectivity index (χ2n) is 3.07. The summed E-state index contributed by atoms with van der Waals surface area (Å²) >= 11 is 0. The van der Waals surface area contributed by atoms with Crippen LogP contribution in [-0.2, 0) is 5.11 Å². The largest absolute Gasteiger partial charge is 0.304 e. The van der Waals surface area contributed by atoms with Gasteiger partial charge in [0.1, 0.15) is 0 Å². The van der Waals surface area contributed by atoms with Gasteiger partial charge in [0.25, 0.3) is 0 Å². The predicted octanol–water partition coefficient (Wildman–Crippen LogP) is 1.93. The van der Waals surface area contributed by atoms with Gasteiger partial charge in [0, 0.05) is 6.54 Å². The first-order valence-corrected chi connectivity index (χ1v) is 4.58. The van der Waals surface area contributed by atoms with Crippen molar-refractivity contribution in [2.75, 3.05) is 26.7 Å². The first kappa shape index (κ1) is 10.9. The maximum absolute atomic E-state index is 10.2. The Morgan fingerprint density at radius 3 is 2.36 bits per heavy atom. The molecule has 0 heterocycles. The van der Waals surface area contributed by atoms with E-state index in [1.54, 1.807) is 0 Å². The van der Waals surface area contributed by atoms with Crippen LogP contribution in [0.4, 0.5) is 0 Å². The lowest BCUT2D eigenvalue weighted by Crippen LogP contribution is -2.22. The van der Waals surface area contributed by atoms with Gasteiger partial charge in [-0.25, -0.2) is 5.11 Å². The molecule has 2 heteroatoms. The molecule has 0 N–H and O–H groups in total. The van der Waals surface area contributed by atoms with Crippen LogP contribution in [0.15, 0.2) is 0 Å². The van der Waals surface area contributed by atoms with Crippen LogP contribution in [-0.4, -0.2) is 31.6 Å². The lowest BCUT2D eigenvalue weighted by atomic mass is 10.2. The first-order chi connectivity index (χ1) is 5.31. The van der Waals surface area contributed by atoms with Crippen LogP contribution in [0.1, 0.15) is 32.6 Å². The zero-order valence-corrected chi connectivity index (χ0v) is 7.81. The maximum Gasteiger partial charge on any atom is 0.0949 e. The van der Waals surface area contributed by atoms with Crippen molar-refractivity contribution < 1.29 is 5.11 Å². The van der Waals surface area contributed by atoms with Crippen LogP contribution in [0.25, 0.3) is 0 Å². The minimum Gasteiger partial charge on any atom is -0.304 e. The Kier molecular flexibility index (Phi) is 7.96. The van der Waals surface area contributed by atoms with E-state index in [1.807, 2.05) is 7.05 Å². The predicted molar refractivity (Wildman–Crippen MR) is 47.2 cm³/mol. The normalized spacial score (nSPS) is 10.9. The molecule has 2 nitrogen and oxygen atoms in total. The zero-order valence-electron chi connectivity index (χ0n) is 7.81. The second-order valence-corrected chi connectivity index (χ2v) is 3.07. The van der Waals surface area contributed by atoms with Crippen LogP contribution >= 0.6 is 0 Å². The summed E-state index contributed by atoms with van der Waals surface area (Å²) < 4.78 is 0. The van der Waals surface area contributed by atoms with Gasteiger partial charge in [-0.1, -0.05) is 26.2 Å². The van der Waals surface area contributed by atoms with E-state index < -0.39 is 0 Å². The van der Waals surface area contributed by atoms with Gasteiger partial charge in [0.15, 0.2) is 0 Å². The van der Waals surface area contributed by atoms with Crippen molar-refractivity contribution in [2.24, 2.45) is 0 Å². The molecule has 0 rings (SSSR count). The molecule has 0 spiro atoms. The highest BCUT2D eigenvalue weighted by atomic mass is 16.3. The topological polar surface area (TPSA) is 23.1 Å². The van der Waals surface area contributed by atoms with Crippen molar-refractivity contribution in [2.45, 2.75) is 32.6 Å². The zero-order chi connectivity index (χ0) is 8.53. The van der Waals surface area contributed by atoms with Gasteiger partial charge in [-0.3, -0.25) is 0 Å². The molecule has 1 radical (unpaired) electrons. The fraction of sp³-hybridized carbons (Fsp3) is 1.00. The molecule has 0 atom stereocenters. The molecule has 0 unspecified atom stereocenters. The van der Waals surface area contributed by atoms with E-state index in [4.69, 9.17) is 0 Å². The van der Waals surface area contributed by atoms with E-state index in [9.17, 15) is 5.11 Å². The molecular formula is C9H20NO. The number of nitrogens with zero attached hydrogens (tertiary/aromatic N) is 1. The third kappa shape index (κ3) is 7.82. The molecule has 0 saturated carbocycles. The molecule has 0 aromatic rings. The average molecular weight is 158 g/mol. The van der Waals surface area contributed by atoms with Crippen LogP contribution in [0.5, 0.6) is 0 Å². The smallest absolute Gasteiger partial charge is 0.0949 e. The number of rotatable bonds is 7. The molecule has 0 aliphatic rings. The Hall–Kier alpha value is -0.0800. The molecule has 67 valence electrons. The summed E-state index contributed by atoms with van der Waals surface area (Å²) in [5, 5.41) is 10.2. The Balaban J connectivity index is 2.97. The maximum atomic E-state index is 10.2. The summed E-state index contributed by atoms with van der Waals surface area (Å²) in [6.45, 7) is 4.03. The summed E-state index contributed by atoms with van der Waals surface area (Å²) in [6.07, 6.45) is 5.15. The number of unbranched alkanes of at least 4 members (excludes halogenated alkanes) is 3. The SMILES string of the molecule is CCCCCCN(C)CC[O]. The third-order valence-corrected chi connectivity index (χ3v) is 1.87. The molecule has 0 aliphatic carbocycles. The van der Waals surface area contributed by atoms with Gasteiger partial charge >= 0.3 is 0 Å². The van der Waals surface area contributed by atoms with Crippen molar-refractivity contribution >= 4 is 0 Å². The lowest BCUT2D eigenvalue weighted by Gasteiger charge is -2.13. The molecule has 0 bridgehead atoms. The molecule has 0 saturated heterocycles. The van der Waals surface area contributed by atoms with Crippen molar-refractivity contribution in [3.05, 3.63) is 0 Å². The van der Waals surface area contributed by atoms with E-state index in [-0.39, 0.29) is 6.61 Å². The fourth-order valence-electron chi connectivity index (χ4n) is 1.08. The highest BCUT2D eigenvalue weighted by molar-refractivity contribution is 4.50. The van der Waals surface area contributed by atoms with Crippen molar-refractivity contribution in [3.8, 4) is 0 Å². The van der Waals surface area contributed by atoms with Crippen molar-refractivity contribution in [3.63, 3.8) is 0 Å². The second kappa shape index (κ2) is 8.02. The molecule has 0 aromatic heterocycles. The molecule has 0 amide bonds. The summed E-state index contributed by atoms with van der Waals surface area (Å²) in [5.74, 6) is 0. The number of hydrogen-bond acceptors (Lipinski definition) is 1. The Bertz CT molecular complexity index is 76.0. The molecule has 11 heavy (non-hydrogen) atoms. The van der Waals surface area contributed by atoms with Gasteiger partial charge in [0.2, 0.25) is 0 Å². The lowest BCUT2D eigenvalue weighted by molar-refractivity contribution is 0.153. The van der Waals surface area contributed by atoms with Gasteiger partial charge in [-0.05, 0) is 20.0 Å². The molecular weight excluding hydrogens is 138 g/mol. The van der Waals surface area contributed by atoms with E-state index in [1.165, 1.54) is 25.7 Å². The minimum atomic E-state index is 0.0320. The summed E-state index contributed by atoms with van der Waals surface area (Å²) in [7, 11) is 2.02. The number of hydrogen-bond donors (Lipinski definition) is 0. The monoisotopic (exact) mass is 158 g/mol. The summed E-state index contributed by atoms with van der Waals surface area (Å²) in [4.78, 5) is 2.11. The van der Waals surface area contributed by atoms with E-state index in [0.717, 1.165) is 6.54 Å². The van der Waals surface area contributed by atoms with E-state index >= 15 is 0 Å². The first-order valence-electron chi connectivity index (χ1n) is 4.58. The van der Waals surface area contributed by atoms with E-state index in [2.05, 4.69) is 11.8 Å². The fourth-order valence-corrected chi connectivity index (χ4v) is 1.08. The third-order valence-electron chi connectivity index (χ3n) is 1.87. The molecule has 0 fully saturated rings. The Morgan fingerprint density at radius 2 is 1.82 bits per heavy atom. The number of likely N-dealkylation sites (N-methyl/N-ethyl adjacent to an activating group) is 1. The Morgan fingerprint density at radius 1 is 1.09 bits per heavy atom. The Labute approximate surface area is 70.2 Å². The van der Waals surface area contributed by atoms with Gasteiger partial charge in [-0.15, -0.1) is 0 Å². The minimum absolute atomic E-state index is 0.0320. The van der Waals surface area contributed by atoms with Crippen molar-refractivity contribution in [1.82, 2.24) is 4.90 Å². The molecule has 0 aromatic carbocycles. The van der Waals surface area contributed by atoms with Crippen LogP contribution < -0.4 is 0 Å². The molecule has 0 aliphatic heterocycles. The van der Waals surface area contributed by atoms with Crippen molar-refractivity contribution in [1.29, 1.82) is 0 Å². The van der Waals surface area contributed by atoms with Gasteiger partial charge in [-0.2, -0.15) is 0 Å². The van der Waals surface area contributed by atoms with Gasteiger partial charge < -0.3 is 4.90 Å². The standard InChI is InChI=1S/C9H20NO/c1-3-4-5-6-7-10(2)8-9-11/h3-9H2,1-2H3. The average Bonchev–Trinajstić information content (AvgIpc) is 1.99. The summed E-state index contributed by atoms with van der Waals surface area (Å²) in [5.41, 5.74) is 0. The van der Waals surface area contributed by atoms with Crippen LogP contribution in [0.2, 0.25) is 0 Å². The quantitative estimate of drug-likeness (QED) is 0.519. The van der Waals surface area contributed by atoms with Crippen LogP contribution in [0, 0.1) is 0 Å². The highest BCUT2D eigenvalue weighted by Crippen LogP contribution is 1.99. The van der Waals surface area contributed by atoms with Crippen LogP contribution in [0.3, 0.4) is 0 Å². The highest BCUT2D eigenvalue weighted by Gasteiger charge is 1.95. The van der Waals surface area contributed by atoms with E-state index in [0.29, 0.717) is 6.54 Å². The summed E-state index contributed by atoms with van der Waals surface area (Å²) in [6, 6.07) is 0. The van der Waals surface area contributed by atoms with Gasteiger partial charge in [0.05, 0.1) is 6.61 Å².